The lowest BCUT2D eigenvalue weighted by Gasteiger charge is -2.27. The number of thiophene rings is 1. The van der Waals surface area contributed by atoms with Crippen LogP contribution in [0.15, 0.2) is 144 Å². The van der Waals surface area contributed by atoms with Crippen LogP contribution in [0, 0.1) is 0 Å². The highest BCUT2D eigenvalue weighted by atomic mass is 32.1. The van der Waals surface area contributed by atoms with Gasteiger partial charge < -0.3 is 9.32 Å². The Morgan fingerprint density at radius 3 is 2.00 bits per heavy atom. The standard InChI is InChI=1S/C38H23NOS/c1-2-13-26(14-3-1)39(33-19-10-18-29-28-16-8-9-20-35(28)40-37(29)33)34-23-32-31-21-24-11-4-5-12-25(24)22-36(31)41-38(32)30-17-7-6-15-27(30)34/h1-23H. The number of furan rings is 1. The van der Waals surface area contributed by atoms with Crippen molar-refractivity contribution in [1.29, 1.82) is 0 Å². The summed E-state index contributed by atoms with van der Waals surface area (Å²) in [5.41, 5.74) is 5.05. The number of benzene rings is 7. The van der Waals surface area contributed by atoms with Crippen molar-refractivity contribution in [3.8, 4) is 0 Å². The third-order valence-corrected chi connectivity index (χ3v) is 9.40. The molecule has 0 unspecified atom stereocenters. The summed E-state index contributed by atoms with van der Waals surface area (Å²) in [5.74, 6) is 0. The SMILES string of the molecule is c1ccc(N(c2cc3c4cc5ccccc5cc4sc3c3ccccc23)c2cccc3c2oc2ccccc23)cc1. The number of para-hydroxylation sites is 3. The van der Waals surface area contributed by atoms with E-state index in [-0.39, 0.29) is 0 Å². The second kappa shape index (κ2) is 8.69. The van der Waals surface area contributed by atoms with Crippen LogP contribution in [0.25, 0.3) is 63.7 Å². The van der Waals surface area contributed by atoms with Crippen molar-refractivity contribution in [2.75, 3.05) is 4.90 Å². The molecule has 0 aliphatic heterocycles. The first-order valence-electron chi connectivity index (χ1n) is 13.9. The minimum absolute atomic E-state index is 0.892. The van der Waals surface area contributed by atoms with Gasteiger partial charge in [-0.15, -0.1) is 11.3 Å². The molecule has 0 atom stereocenters. The molecule has 192 valence electrons. The van der Waals surface area contributed by atoms with Gasteiger partial charge in [0.1, 0.15) is 5.58 Å². The first-order chi connectivity index (χ1) is 20.3. The normalized spacial score (nSPS) is 11.9. The quantitative estimate of drug-likeness (QED) is 0.221. The van der Waals surface area contributed by atoms with Gasteiger partial charge in [-0.3, -0.25) is 0 Å². The molecule has 2 aromatic heterocycles. The summed E-state index contributed by atoms with van der Waals surface area (Å²) in [6, 6.07) is 50.0. The predicted molar refractivity (Wildman–Crippen MR) is 176 cm³/mol. The Bertz CT molecular complexity index is 2430. The van der Waals surface area contributed by atoms with E-state index in [9.17, 15) is 0 Å². The minimum Gasteiger partial charge on any atom is -0.454 e. The summed E-state index contributed by atoms with van der Waals surface area (Å²) < 4.78 is 9.21. The Kier molecular flexibility index (Phi) is 4.80. The van der Waals surface area contributed by atoms with E-state index in [0.717, 1.165) is 39.0 Å². The molecule has 0 aliphatic carbocycles. The van der Waals surface area contributed by atoms with E-state index in [1.807, 2.05) is 17.4 Å². The van der Waals surface area contributed by atoms with Gasteiger partial charge >= 0.3 is 0 Å². The second-order valence-corrected chi connectivity index (χ2v) is 11.6. The molecule has 0 radical (unpaired) electrons. The van der Waals surface area contributed by atoms with Crippen molar-refractivity contribution >= 4 is 92.1 Å². The maximum absolute atomic E-state index is 6.57. The zero-order valence-electron chi connectivity index (χ0n) is 22.0. The van der Waals surface area contributed by atoms with Crippen LogP contribution in [-0.4, -0.2) is 0 Å². The highest BCUT2D eigenvalue weighted by Gasteiger charge is 2.22. The van der Waals surface area contributed by atoms with Gasteiger partial charge in [-0.2, -0.15) is 0 Å². The lowest BCUT2D eigenvalue weighted by molar-refractivity contribution is 0.669. The van der Waals surface area contributed by atoms with Crippen LogP contribution in [0.2, 0.25) is 0 Å². The molecule has 0 aliphatic rings. The summed E-state index contributed by atoms with van der Waals surface area (Å²) in [6.07, 6.45) is 0. The molecule has 0 spiro atoms. The molecule has 0 saturated heterocycles. The molecule has 0 N–H and O–H groups in total. The van der Waals surface area contributed by atoms with Gasteiger partial charge in [-0.1, -0.05) is 97.1 Å². The Labute approximate surface area is 240 Å². The average Bonchev–Trinajstić information content (AvgIpc) is 3.59. The average molecular weight is 542 g/mol. The lowest BCUT2D eigenvalue weighted by Crippen LogP contribution is -2.10. The fraction of sp³-hybridized carbons (Fsp3) is 0. The largest absolute Gasteiger partial charge is 0.454 e. The first kappa shape index (κ1) is 22.7. The Balaban J connectivity index is 1.42. The van der Waals surface area contributed by atoms with Crippen LogP contribution in [-0.2, 0) is 0 Å². The maximum Gasteiger partial charge on any atom is 0.159 e. The second-order valence-electron chi connectivity index (χ2n) is 10.5. The number of fused-ring (bicyclic) bond motifs is 9. The molecule has 0 bridgehead atoms. The molecular formula is C38H23NOS. The third kappa shape index (κ3) is 3.36. The summed E-state index contributed by atoms with van der Waals surface area (Å²) in [5, 5.41) is 9.86. The van der Waals surface area contributed by atoms with E-state index < -0.39 is 0 Å². The molecule has 0 amide bonds. The fourth-order valence-electron chi connectivity index (χ4n) is 6.34. The van der Waals surface area contributed by atoms with Crippen molar-refractivity contribution in [3.63, 3.8) is 0 Å². The molecule has 2 heterocycles. The summed E-state index contributed by atoms with van der Waals surface area (Å²) >= 11 is 1.89. The molecule has 9 rings (SSSR count). The number of hydrogen-bond acceptors (Lipinski definition) is 3. The monoisotopic (exact) mass is 541 g/mol. The molecular weight excluding hydrogens is 518 g/mol. The molecule has 9 aromatic rings. The van der Waals surface area contributed by atoms with Crippen molar-refractivity contribution < 1.29 is 4.42 Å². The molecule has 7 aromatic carbocycles. The van der Waals surface area contributed by atoms with Crippen LogP contribution >= 0.6 is 11.3 Å². The highest BCUT2D eigenvalue weighted by molar-refractivity contribution is 7.26. The van der Waals surface area contributed by atoms with Crippen molar-refractivity contribution in [2.45, 2.75) is 0 Å². The van der Waals surface area contributed by atoms with Crippen molar-refractivity contribution in [3.05, 3.63) is 140 Å². The smallest absolute Gasteiger partial charge is 0.159 e. The van der Waals surface area contributed by atoms with E-state index in [1.165, 1.54) is 41.7 Å². The molecule has 41 heavy (non-hydrogen) atoms. The van der Waals surface area contributed by atoms with Gasteiger partial charge in [0.25, 0.3) is 0 Å². The van der Waals surface area contributed by atoms with Gasteiger partial charge in [0, 0.05) is 47.4 Å². The van der Waals surface area contributed by atoms with Crippen molar-refractivity contribution in [2.24, 2.45) is 0 Å². The van der Waals surface area contributed by atoms with Gasteiger partial charge in [0.05, 0.1) is 11.4 Å². The summed E-state index contributed by atoms with van der Waals surface area (Å²) in [4.78, 5) is 2.37. The highest BCUT2D eigenvalue weighted by Crippen LogP contribution is 2.48. The predicted octanol–water partition coefficient (Wildman–Crippen LogP) is 11.7. The maximum atomic E-state index is 6.57. The number of rotatable bonds is 3. The number of anilines is 3. The minimum atomic E-state index is 0.892. The van der Waals surface area contributed by atoms with Gasteiger partial charge in [-0.05, 0) is 53.2 Å². The Morgan fingerprint density at radius 2 is 1.15 bits per heavy atom. The van der Waals surface area contributed by atoms with Crippen molar-refractivity contribution in [1.82, 2.24) is 0 Å². The van der Waals surface area contributed by atoms with E-state index in [1.54, 1.807) is 0 Å². The number of nitrogens with zero attached hydrogens (tertiary/aromatic N) is 1. The lowest BCUT2D eigenvalue weighted by atomic mass is 10.0. The van der Waals surface area contributed by atoms with Crippen LogP contribution < -0.4 is 4.90 Å². The zero-order chi connectivity index (χ0) is 26.9. The third-order valence-electron chi connectivity index (χ3n) is 8.20. The van der Waals surface area contributed by atoms with Crippen LogP contribution in [0.3, 0.4) is 0 Å². The van der Waals surface area contributed by atoms with Crippen LogP contribution in [0.4, 0.5) is 17.1 Å². The first-order valence-corrected chi connectivity index (χ1v) is 14.7. The summed E-state index contributed by atoms with van der Waals surface area (Å²) in [7, 11) is 0. The van der Waals surface area contributed by atoms with Crippen LogP contribution in [0.5, 0.6) is 0 Å². The van der Waals surface area contributed by atoms with Crippen LogP contribution in [0.1, 0.15) is 0 Å². The van der Waals surface area contributed by atoms with E-state index in [0.29, 0.717) is 0 Å². The zero-order valence-corrected chi connectivity index (χ0v) is 22.9. The molecule has 2 nitrogen and oxygen atoms in total. The van der Waals surface area contributed by atoms with Gasteiger partial charge in [-0.25, -0.2) is 0 Å². The summed E-state index contributed by atoms with van der Waals surface area (Å²) in [6.45, 7) is 0. The van der Waals surface area contributed by atoms with E-state index in [2.05, 4.69) is 138 Å². The Morgan fingerprint density at radius 1 is 0.463 bits per heavy atom. The van der Waals surface area contributed by atoms with Gasteiger partial charge in [0.2, 0.25) is 0 Å². The van der Waals surface area contributed by atoms with Gasteiger partial charge in [0.15, 0.2) is 5.58 Å². The topological polar surface area (TPSA) is 16.4 Å². The van der Waals surface area contributed by atoms with E-state index in [4.69, 9.17) is 4.42 Å². The Hall–Kier alpha value is -5.12. The number of hydrogen-bond donors (Lipinski definition) is 0. The fourth-order valence-corrected chi connectivity index (χ4v) is 7.59. The molecule has 0 saturated carbocycles. The molecule has 3 heteroatoms. The van der Waals surface area contributed by atoms with E-state index >= 15 is 0 Å². The molecule has 0 fully saturated rings.